The maximum Gasteiger partial charge on any atom is 0.214 e. The SMILES string of the molecule is COc1ccc(-n2nnnc2SC[C@H](O)COc2ccc(C(C)(C)C)cc2)cc1. The summed E-state index contributed by atoms with van der Waals surface area (Å²) >= 11 is 1.37. The van der Waals surface area contributed by atoms with Crippen LogP contribution in [-0.2, 0) is 5.41 Å². The molecule has 1 aromatic heterocycles. The number of nitrogens with zero attached hydrogens (tertiary/aromatic N) is 4. The Kier molecular flexibility index (Phi) is 6.76. The third-order valence-electron chi connectivity index (χ3n) is 4.33. The van der Waals surface area contributed by atoms with Gasteiger partial charge in [-0.05, 0) is 57.8 Å². The number of aliphatic hydroxyl groups excluding tert-OH is 1. The van der Waals surface area contributed by atoms with Crippen LogP contribution in [0.25, 0.3) is 5.69 Å². The molecule has 0 unspecified atom stereocenters. The third kappa shape index (κ3) is 5.71. The largest absolute Gasteiger partial charge is 0.497 e. The first-order chi connectivity index (χ1) is 13.9. The van der Waals surface area contributed by atoms with Gasteiger partial charge in [-0.15, -0.1) is 5.10 Å². The van der Waals surface area contributed by atoms with Gasteiger partial charge >= 0.3 is 0 Å². The van der Waals surface area contributed by atoms with E-state index < -0.39 is 6.10 Å². The van der Waals surface area contributed by atoms with Gasteiger partial charge in [-0.1, -0.05) is 44.7 Å². The molecular formula is C21H26N4O3S. The fourth-order valence-corrected chi connectivity index (χ4v) is 3.41. The molecule has 0 saturated carbocycles. The minimum atomic E-state index is -0.650. The molecule has 1 N–H and O–H groups in total. The zero-order valence-electron chi connectivity index (χ0n) is 17.1. The molecular weight excluding hydrogens is 388 g/mol. The van der Waals surface area contributed by atoms with Crippen molar-refractivity contribution in [2.75, 3.05) is 19.5 Å². The number of thioether (sulfide) groups is 1. The van der Waals surface area contributed by atoms with Gasteiger partial charge in [-0.25, -0.2) is 0 Å². The predicted molar refractivity (Wildman–Crippen MR) is 113 cm³/mol. The van der Waals surface area contributed by atoms with Crippen LogP contribution in [0.4, 0.5) is 0 Å². The molecule has 0 aliphatic rings. The molecule has 0 bridgehead atoms. The van der Waals surface area contributed by atoms with E-state index in [4.69, 9.17) is 9.47 Å². The van der Waals surface area contributed by atoms with Crippen LogP contribution in [0.3, 0.4) is 0 Å². The molecule has 2 aromatic carbocycles. The maximum absolute atomic E-state index is 10.3. The van der Waals surface area contributed by atoms with E-state index in [1.54, 1.807) is 11.8 Å². The van der Waals surface area contributed by atoms with Crippen molar-refractivity contribution in [3.05, 3.63) is 54.1 Å². The van der Waals surface area contributed by atoms with Gasteiger partial charge in [0, 0.05) is 5.75 Å². The van der Waals surface area contributed by atoms with Crippen molar-refractivity contribution in [1.82, 2.24) is 20.2 Å². The third-order valence-corrected chi connectivity index (χ3v) is 5.39. The van der Waals surface area contributed by atoms with Crippen molar-refractivity contribution in [3.63, 3.8) is 0 Å². The Balaban J connectivity index is 1.52. The lowest BCUT2D eigenvalue weighted by molar-refractivity contribution is 0.126. The van der Waals surface area contributed by atoms with Crippen LogP contribution in [0.2, 0.25) is 0 Å². The molecule has 0 amide bonds. The first-order valence-corrected chi connectivity index (χ1v) is 10.3. The van der Waals surface area contributed by atoms with E-state index in [1.165, 1.54) is 17.3 Å². The molecule has 154 valence electrons. The van der Waals surface area contributed by atoms with E-state index in [-0.39, 0.29) is 12.0 Å². The number of benzene rings is 2. The van der Waals surface area contributed by atoms with Gasteiger partial charge in [-0.3, -0.25) is 0 Å². The Hall–Kier alpha value is -2.58. The average molecular weight is 415 g/mol. The van der Waals surface area contributed by atoms with Gasteiger partial charge in [0.2, 0.25) is 5.16 Å². The Morgan fingerprint density at radius 1 is 1.03 bits per heavy atom. The Labute approximate surface area is 175 Å². The fourth-order valence-electron chi connectivity index (χ4n) is 2.62. The number of methoxy groups -OCH3 is 1. The summed E-state index contributed by atoms with van der Waals surface area (Å²) in [6.45, 7) is 6.71. The quantitative estimate of drug-likeness (QED) is 0.565. The number of hydrogen-bond acceptors (Lipinski definition) is 7. The van der Waals surface area contributed by atoms with Crippen LogP contribution in [0.5, 0.6) is 11.5 Å². The molecule has 0 fully saturated rings. The zero-order valence-corrected chi connectivity index (χ0v) is 17.9. The summed E-state index contributed by atoms with van der Waals surface area (Å²) < 4.78 is 12.5. The van der Waals surface area contributed by atoms with Gasteiger partial charge in [0.05, 0.1) is 18.9 Å². The Morgan fingerprint density at radius 3 is 2.31 bits per heavy atom. The fraction of sp³-hybridized carbons (Fsp3) is 0.381. The van der Waals surface area contributed by atoms with Gasteiger partial charge in [-0.2, -0.15) is 4.68 Å². The summed E-state index contributed by atoms with van der Waals surface area (Å²) in [6, 6.07) is 15.4. The van der Waals surface area contributed by atoms with Crippen molar-refractivity contribution in [2.24, 2.45) is 0 Å². The van der Waals surface area contributed by atoms with E-state index >= 15 is 0 Å². The lowest BCUT2D eigenvalue weighted by Gasteiger charge is -2.19. The maximum atomic E-state index is 10.3. The predicted octanol–water partition coefficient (Wildman–Crippen LogP) is 3.50. The van der Waals surface area contributed by atoms with Gasteiger partial charge in [0.15, 0.2) is 0 Å². The van der Waals surface area contributed by atoms with Crippen LogP contribution in [0.15, 0.2) is 53.7 Å². The van der Waals surface area contributed by atoms with Crippen LogP contribution < -0.4 is 9.47 Å². The minimum Gasteiger partial charge on any atom is -0.497 e. The van der Waals surface area contributed by atoms with E-state index in [0.717, 1.165) is 17.2 Å². The summed E-state index contributed by atoms with van der Waals surface area (Å²) in [6.07, 6.45) is -0.650. The highest BCUT2D eigenvalue weighted by molar-refractivity contribution is 7.99. The van der Waals surface area contributed by atoms with Crippen LogP contribution in [0.1, 0.15) is 26.3 Å². The average Bonchev–Trinajstić information content (AvgIpc) is 3.19. The standard InChI is InChI=1S/C21H26N4O3S/c1-21(2,3)15-5-9-19(10-6-15)28-13-17(26)14-29-20-22-23-24-25(20)16-7-11-18(27-4)12-8-16/h5-12,17,26H,13-14H2,1-4H3/t17-/m1/s1. The van der Waals surface area contributed by atoms with Gasteiger partial charge < -0.3 is 14.6 Å². The van der Waals surface area contributed by atoms with E-state index in [0.29, 0.717) is 10.9 Å². The summed E-state index contributed by atoms with van der Waals surface area (Å²) in [5.74, 6) is 1.92. The van der Waals surface area contributed by atoms with Crippen molar-refractivity contribution in [1.29, 1.82) is 0 Å². The number of aliphatic hydroxyl groups is 1. The Morgan fingerprint density at radius 2 is 1.69 bits per heavy atom. The van der Waals surface area contributed by atoms with Crippen LogP contribution in [0, 0.1) is 0 Å². The molecule has 0 spiro atoms. The molecule has 8 heteroatoms. The number of ether oxygens (including phenoxy) is 2. The molecule has 29 heavy (non-hydrogen) atoms. The molecule has 0 saturated heterocycles. The number of rotatable bonds is 8. The molecule has 0 aliphatic carbocycles. The summed E-state index contributed by atoms with van der Waals surface area (Å²) in [4.78, 5) is 0. The van der Waals surface area contributed by atoms with E-state index in [1.807, 2.05) is 36.4 Å². The molecule has 3 aromatic rings. The molecule has 1 atom stereocenters. The highest BCUT2D eigenvalue weighted by Gasteiger charge is 2.15. The van der Waals surface area contributed by atoms with Crippen molar-refractivity contribution < 1.29 is 14.6 Å². The lowest BCUT2D eigenvalue weighted by atomic mass is 9.87. The van der Waals surface area contributed by atoms with Crippen molar-refractivity contribution in [2.45, 2.75) is 37.4 Å². The number of tetrazole rings is 1. The molecule has 0 radical (unpaired) electrons. The smallest absolute Gasteiger partial charge is 0.214 e. The number of aromatic nitrogens is 4. The Bertz CT molecular complexity index is 905. The molecule has 1 heterocycles. The van der Waals surface area contributed by atoms with Crippen LogP contribution in [-0.4, -0.2) is 50.9 Å². The molecule has 3 rings (SSSR count). The van der Waals surface area contributed by atoms with E-state index in [9.17, 15) is 5.11 Å². The highest BCUT2D eigenvalue weighted by atomic mass is 32.2. The molecule has 0 aliphatic heterocycles. The second-order valence-electron chi connectivity index (χ2n) is 7.62. The van der Waals surface area contributed by atoms with Crippen molar-refractivity contribution in [3.8, 4) is 17.2 Å². The number of hydrogen-bond donors (Lipinski definition) is 1. The zero-order chi connectivity index (χ0) is 20.9. The van der Waals surface area contributed by atoms with Gasteiger partial charge in [0.1, 0.15) is 18.1 Å². The van der Waals surface area contributed by atoms with E-state index in [2.05, 4.69) is 48.4 Å². The molecule has 7 nitrogen and oxygen atoms in total. The van der Waals surface area contributed by atoms with Crippen molar-refractivity contribution >= 4 is 11.8 Å². The summed E-state index contributed by atoms with van der Waals surface area (Å²) in [5.41, 5.74) is 2.16. The highest BCUT2D eigenvalue weighted by Crippen LogP contribution is 2.25. The minimum absolute atomic E-state index is 0.0998. The lowest BCUT2D eigenvalue weighted by Crippen LogP contribution is -2.20. The van der Waals surface area contributed by atoms with Gasteiger partial charge in [0.25, 0.3) is 0 Å². The summed E-state index contributed by atoms with van der Waals surface area (Å²) in [7, 11) is 1.62. The second kappa shape index (κ2) is 9.28. The van der Waals surface area contributed by atoms with Crippen LogP contribution >= 0.6 is 11.8 Å². The second-order valence-corrected chi connectivity index (χ2v) is 8.61. The topological polar surface area (TPSA) is 82.3 Å². The normalized spacial score (nSPS) is 12.6. The first-order valence-electron chi connectivity index (χ1n) is 9.34. The monoisotopic (exact) mass is 414 g/mol. The first kappa shape index (κ1) is 21.1. The summed E-state index contributed by atoms with van der Waals surface area (Å²) in [5, 5.41) is 22.7.